The molecule has 3 nitrogen and oxygen atoms in total. The molecule has 4 heteroatoms. The Hall–Kier alpha value is -0.580. The zero-order valence-corrected chi connectivity index (χ0v) is 13.0. The molecule has 1 aliphatic heterocycles. The lowest BCUT2D eigenvalue weighted by Crippen LogP contribution is -2.40. The molecule has 1 atom stereocenters. The molecule has 1 aliphatic rings. The molecule has 1 aromatic rings. The standard InChI is InChI=1S/C15H22BrNO2/c1-12-6-8-17(9-7-12)10-14(18)11-19-15-4-2-13(16)3-5-15/h2-5,12,14,18H,6-11H2,1H3. The largest absolute Gasteiger partial charge is 0.491 e. The van der Waals surface area contributed by atoms with E-state index in [2.05, 4.69) is 27.8 Å². The number of β-amino-alcohol motifs (C(OH)–C–C–N with tert-alkyl or cyclic N) is 1. The normalized spacial score (nSPS) is 19.3. The van der Waals surface area contributed by atoms with E-state index in [0.29, 0.717) is 13.2 Å². The summed E-state index contributed by atoms with van der Waals surface area (Å²) in [7, 11) is 0. The summed E-state index contributed by atoms with van der Waals surface area (Å²) in [6.45, 7) is 5.55. The maximum atomic E-state index is 10.0. The van der Waals surface area contributed by atoms with Crippen molar-refractivity contribution in [2.24, 2.45) is 5.92 Å². The number of aliphatic hydroxyl groups is 1. The van der Waals surface area contributed by atoms with Gasteiger partial charge in [0.25, 0.3) is 0 Å². The zero-order valence-electron chi connectivity index (χ0n) is 11.4. The van der Waals surface area contributed by atoms with Gasteiger partial charge in [-0.2, -0.15) is 0 Å². The van der Waals surface area contributed by atoms with E-state index < -0.39 is 6.10 Å². The molecule has 0 bridgehead atoms. The SMILES string of the molecule is CC1CCN(CC(O)COc2ccc(Br)cc2)CC1. The number of nitrogens with zero attached hydrogens (tertiary/aromatic N) is 1. The Morgan fingerprint density at radius 3 is 2.58 bits per heavy atom. The number of rotatable bonds is 5. The molecule has 1 N–H and O–H groups in total. The van der Waals surface area contributed by atoms with Crippen LogP contribution in [0.5, 0.6) is 5.75 Å². The Labute approximate surface area is 123 Å². The van der Waals surface area contributed by atoms with Crippen LogP contribution in [0.25, 0.3) is 0 Å². The van der Waals surface area contributed by atoms with Gasteiger partial charge in [0, 0.05) is 11.0 Å². The van der Waals surface area contributed by atoms with Gasteiger partial charge < -0.3 is 14.7 Å². The van der Waals surface area contributed by atoms with Gasteiger partial charge in [-0.05, 0) is 56.1 Å². The fourth-order valence-electron chi connectivity index (χ4n) is 2.32. The van der Waals surface area contributed by atoms with Gasteiger partial charge >= 0.3 is 0 Å². The molecule has 0 amide bonds. The minimum Gasteiger partial charge on any atom is -0.491 e. The monoisotopic (exact) mass is 327 g/mol. The number of hydrogen-bond donors (Lipinski definition) is 1. The maximum Gasteiger partial charge on any atom is 0.119 e. The Bertz CT molecular complexity index is 374. The van der Waals surface area contributed by atoms with Gasteiger partial charge in [0.15, 0.2) is 0 Å². The van der Waals surface area contributed by atoms with Crippen LogP contribution in [0.1, 0.15) is 19.8 Å². The molecule has 0 spiro atoms. The van der Waals surface area contributed by atoms with Gasteiger partial charge in [-0.25, -0.2) is 0 Å². The van der Waals surface area contributed by atoms with Crippen molar-refractivity contribution >= 4 is 15.9 Å². The van der Waals surface area contributed by atoms with Gasteiger partial charge in [-0.3, -0.25) is 0 Å². The number of aliphatic hydroxyl groups excluding tert-OH is 1. The van der Waals surface area contributed by atoms with Crippen LogP contribution in [-0.2, 0) is 0 Å². The quantitative estimate of drug-likeness (QED) is 0.902. The minimum atomic E-state index is -0.419. The van der Waals surface area contributed by atoms with Crippen LogP contribution in [-0.4, -0.2) is 42.4 Å². The molecule has 1 aromatic carbocycles. The fourth-order valence-corrected chi connectivity index (χ4v) is 2.58. The van der Waals surface area contributed by atoms with Crippen LogP contribution in [0, 0.1) is 5.92 Å². The Kier molecular flexibility index (Phi) is 5.67. The lowest BCUT2D eigenvalue weighted by atomic mass is 9.99. The molecule has 2 rings (SSSR count). The lowest BCUT2D eigenvalue weighted by Gasteiger charge is -2.31. The van der Waals surface area contributed by atoms with Gasteiger partial charge in [0.2, 0.25) is 0 Å². The van der Waals surface area contributed by atoms with E-state index >= 15 is 0 Å². The number of likely N-dealkylation sites (tertiary alicyclic amines) is 1. The summed E-state index contributed by atoms with van der Waals surface area (Å²) in [4.78, 5) is 2.33. The Balaban J connectivity index is 1.69. The summed E-state index contributed by atoms with van der Waals surface area (Å²) in [5.74, 6) is 1.63. The van der Waals surface area contributed by atoms with Crippen LogP contribution < -0.4 is 4.74 Å². The van der Waals surface area contributed by atoms with E-state index in [4.69, 9.17) is 4.74 Å². The van der Waals surface area contributed by atoms with Crippen LogP contribution in [0.15, 0.2) is 28.7 Å². The van der Waals surface area contributed by atoms with Crippen LogP contribution >= 0.6 is 15.9 Å². The van der Waals surface area contributed by atoms with Crippen molar-refractivity contribution in [3.63, 3.8) is 0 Å². The first-order chi connectivity index (χ1) is 9.13. The predicted octanol–water partition coefficient (Wildman–Crippen LogP) is 2.92. The van der Waals surface area contributed by atoms with Crippen LogP contribution in [0.4, 0.5) is 0 Å². The van der Waals surface area contributed by atoms with Crippen molar-refractivity contribution in [3.8, 4) is 5.75 Å². The third-order valence-electron chi connectivity index (χ3n) is 3.60. The number of hydrogen-bond acceptors (Lipinski definition) is 3. The molecule has 1 fully saturated rings. The first-order valence-corrected chi connectivity index (χ1v) is 7.71. The topological polar surface area (TPSA) is 32.7 Å². The number of ether oxygens (including phenoxy) is 1. The smallest absolute Gasteiger partial charge is 0.119 e. The Morgan fingerprint density at radius 1 is 1.32 bits per heavy atom. The van der Waals surface area contributed by atoms with E-state index in [9.17, 15) is 5.11 Å². The second-order valence-corrected chi connectivity index (χ2v) is 6.32. The molecule has 1 unspecified atom stereocenters. The molecule has 106 valence electrons. The molecule has 1 heterocycles. The highest BCUT2D eigenvalue weighted by atomic mass is 79.9. The summed E-state index contributed by atoms with van der Waals surface area (Å²) in [6.07, 6.45) is 2.05. The third kappa shape index (κ3) is 5.13. The molecular weight excluding hydrogens is 306 g/mol. The molecule has 0 aliphatic carbocycles. The van der Waals surface area contributed by atoms with Crippen molar-refractivity contribution in [3.05, 3.63) is 28.7 Å². The average molecular weight is 328 g/mol. The summed E-state index contributed by atoms with van der Waals surface area (Å²) in [5, 5.41) is 10.0. The van der Waals surface area contributed by atoms with E-state index in [1.54, 1.807) is 0 Å². The van der Waals surface area contributed by atoms with Crippen molar-refractivity contribution in [2.45, 2.75) is 25.9 Å². The van der Waals surface area contributed by atoms with E-state index in [-0.39, 0.29) is 0 Å². The molecular formula is C15H22BrNO2. The zero-order chi connectivity index (χ0) is 13.7. The first kappa shape index (κ1) is 14.8. The number of halogens is 1. The maximum absolute atomic E-state index is 10.0. The van der Waals surface area contributed by atoms with Crippen molar-refractivity contribution in [1.82, 2.24) is 4.90 Å². The van der Waals surface area contributed by atoms with E-state index in [1.807, 2.05) is 24.3 Å². The first-order valence-electron chi connectivity index (χ1n) is 6.92. The lowest BCUT2D eigenvalue weighted by molar-refractivity contribution is 0.0563. The third-order valence-corrected chi connectivity index (χ3v) is 4.13. The second-order valence-electron chi connectivity index (χ2n) is 5.40. The van der Waals surface area contributed by atoms with Crippen LogP contribution in [0.2, 0.25) is 0 Å². The summed E-state index contributed by atoms with van der Waals surface area (Å²) in [6, 6.07) is 7.68. The highest BCUT2D eigenvalue weighted by molar-refractivity contribution is 9.10. The number of benzene rings is 1. The van der Waals surface area contributed by atoms with Gasteiger partial charge in [-0.1, -0.05) is 22.9 Å². The molecule has 1 saturated heterocycles. The second kappa shape index (κ2) is 7.27. The van der Waals surface area contributed by atoms with Gasteiger partial charge in [0.05, 0.1) is 0 Å². The van der Waals surface area contributed by atoms with Crippen molar-refractivity contribution < 1.29 is 9.84 Å². The summed E-state index contributed by atoms with van der Waals surface area (Å²) < 4.78 is 6.62. The highest BCUT2D eigenvalue weighted by Crippen LogP contribution is 2.17. The molecule has 0 saturated carbocycles. The summed E-state index contributed by atoms with van der Waals surface area (Å²) >= 11 is 3.38. The van der Waals surface area contributed by atoms with Gasteiger partial charge in [0.1, 0.15) is 18.5 Å². The fraction of sp³-hybridized carbons (Fsp3) is 0.600. The van der Waals surface area contributed by atoms with E-state index in [1.165, 1.54) is 12.8 Å². The van der Waals surface area contributed by atoms with Gasteiger partial charge in [-0.15, -0.1) is 0 Å². The van der Waals surface area contributed by atoms with Crippen molar-refractivity contribution in [2.75, 3.05) is 26.2 Å². The average Bonchev–Trinajstić information content (AvgIpc) is 2.41. The Morgan fingerprint density at radius 2 is 1.95 bits per heavy atom. The van der Waals surface area contributed by atoms with E-state index in [0.717, 1.165) is 29.2 Å². The van der Waals surface area contributed by atoms with Crippen molar-refractivity contribution in [1.29, 1.82) is 0 Å². The number of piperidine rings is 1. The molecule has 0 aromatic heterocycles. The molecule has 19 heavy (non-hydrogen) atoms. The molecule has 0 radical (unpaired) electrons. The van der Waals surface area contributed by atoms with Crippen LogP contribution in [0.3, 0.4) is 0 Å². The highest BCUT2D eigenvalue weighted by Gasteiger charge is 2.18. The summed E-state index contributed by atoms with van der Waals surface area (Å²) in [5.41, 5.74) is 0. The minimum absolute atomic E-state index is 0.355. The predicted molar refractivity (Wildman–Crippen MR) is 80.5 cm³/mol.